The van der Waals surface area contributed by atoms with E-state index in [1.807, 2.05) is 11.3 Å². The predicted octanol–water partition coefficient (Wildman–Crippen LogP) is 22.1. The van der Waals surface area contributed by atoms with Gasteiger partial charge in [-0.15, -0.1) is 11.3 Å². The summed E-state index contributed by atoms with van der Waals surface area (Å²) in [4.78, 5) is 14.5. The number of thiophene rings is 1. The van der Waals surface area contributed by atoms with Crippen LogP contribution in [0, 0.1) is 0 Å². The van der Waals surface area contributed by atoms with Crippen LogP contribution in [-0.4, -0.2) is 23.2 Å². The fourth-order valence-electron chi connectivity index (χ4n) is 16.6. The normalized spacial score (nSPS) is 13.7. The Labute approximate surface area is 532 Å². The van der Waals surface area contributed by atoms with Crippen LogP contribution in [-0.2, 0) is 10.8 Å². The lowest BCUT2D eigenvalue weighted by molar-refractivity contribution is 0.317. The van der Waals surface area contributed by atoms with Gasteiger partial charge in [0.1, 0.15) is 22.5 Å². The zero-order chi connectivity index (χ0) is 60.1. The van der Waals surface area contributed by atoms with E-state index in [2.05, 4.69) is 281 Å². The Kier molecular flexibility index (Phi) is 11.4. The number of benzene rings is 13. The summed E-state index contributed by atoms with van der Waals surface area (Å²) in [5.41, 5.74) is 30.0. The second kappa shape index (κ2) is 19.9. The van der Waals surface area contributed by atoms with Crippen LogP contribution < -0.4 is 9.47 Å². The van der Waals surface area contributed by atoms with Gasteiger partial charge in [0.15, 0.2) is 0 Å². The smallest absolute Gasteiger partial charge is 0.119 e. The molecule has 0 fully saturated rings. The number of ether oxygens (including phenoxy) is 2. The summed E-state index contributed by atoms with van der Waals surface area (Å²) in [5.74, 6) is 1.76. The first-order valence-electron chi connectivity index (χ1n) is 32.0. The van der Waals surface area contributed by atoms with Crippen LogP contribution in [0.1, 0.15) is 71.2 Å². The third-order valence-corrected chi connectivity index (χ3v) is 21.5. The summed E-state index contributed by atoms with van der Waals surface area (Å²) >= 11 is 1.85. The van der Waals surface area contributed by atoms with Gasteiger partial charge >= 0.3 is 0 Å². The summed E-state index contributed by atoms with van der Waals surface area (Å²) in [7, 11) is 0. The van der Waals surface area contributed by atoms with E-state index in [9.17, 15) is 0 Å². The van der Waals surface area contributed by atoms with Crippen LogP contribution in [0.25, 0.3) is 131 Å². The summed E-state index contributed by atoms with van der Waals surface area (Å²) < 4.78 is 12.1. The zero-order valence-electron chi connectivity index (χ0n) is 50.4. The van der Waals surface area contributed by atoms with Gasteiger partial charge in [-0.25, -0.2) is 9.97 Å². The van der Waals surface area contributed by atoms with Gasteiger partial charge < -0.3 is 9.47 Å². The predicted molar refractivity (Wildman–Crippen MR) is 376 cm³/mol. The van der Waals surface area contributed by atoms with Crippen molar-refractivity contribution in [3.8, 4) is 99.1 Å². The number of rotatable bonds is 10. The molecule has 4 nitrogen and oxygen atoms in total. The van der Waals surface area contributed by atoms with Gasteiger partial charge in [-0.1, -0.05) is 244 Å². The maximum Gasteiger partial charge on any atom is 0.119 e. The molecule has 4 aliphatic rings. The molecule has 0 saturated carbocycles. The molecule has 13 aromatic carbocycles. The quantitative estimate of drug-likeness (QED) is 0.128. The molecule has 0 aliphatic heterocycles. The molecule has 4 aliphatic carbocycles. The van der Waals surface area contributed by atoms with Gasteiger partial charge in [-0.3, -0.25) is 0 Å². The Hall–Kier alpha value is -10.7. The van der Waals surface area contributed by atoms with Gasteiger partial charge in [-0.2, -0.15) is 0 Å². The highest BCUT2D eigenvalue weighted by molar-refractivity contribution is 7.21. The molecule has 15 aromatic rings. The molecular weight excluding hydrogens is 1130 g/mol. The average Bonchev–Trinajstić information content (AvgIpc) is 1.52. The van der Waals surface area contributed by atoms with E-state index in [0.717, 1.165) is 111 Å². The molecule has 19 rings (SSSR count). The molecule has 2 heterocycles. The Morgan fingerprint density at radius 2 is 0.593 bits per heavy atom. The van der Waals surface area contributed by atoms with E-state index in [1.54, 1.807) is 0 Å². The summed E-state index contributed by atoms with van der Waals surface area (Å²) in [5, 5.41) is 4.35. The first kappa shape index (κ1) is 52.2. The largest absolute Gasteiger partial charge is 0.494 e. The van der Waals surface area contributed by atoms with Crippen LogP contribution in [0.3, 0.4) is 0 Å². The number of nitrogens with zero attached hydrogens (tertiary/aromatic N) is 2. The van der Waals surface area contributed by atoms with Crippen LogP contribution >= 0.6 is 11.3 Å². The van der Waals surface area contributed by atoms with E-state index in [-0.39, 0.29) is 0 Å². The Morgan fingerprint density at radius 3 is 0.956 bits per heavy atom. The third-order valence-electron chi connectivity index (χ3n) is 20.2. The SMILES string of the molecule is CCCOc1ccc(-c2ccc3c(c2)c2cc(-c4ccc(OCCC)cc4)ccc2c2nc4c(-c5cccc6c5-c5ccccc5C65c6ccccc6-c6ccccc65)sc(-c5cccc6c5-c5ccccc5C65c6ccccc6-c6ccccc65)c4nc32)cc1. The second-order valence-electron chi connectivity index (χ2n) is 24.9. The monoisotopic (exact) mass is 1180 g/mol. The van der Waals surface area contributed by atoms with Gasteiger partial charge in [0, 0.05) is 21.9 Å². The van der Waals surface area contributed by atoms with Crippen LogP contribution in [0.5, 0.6) is 11.5 Å². The van der Waals surface area contributed by atoms with Crippen molar-refractivity contribution in [1.29, 1.82) is 0 Å². The second-order valence-corrected chi connectivity index (χ2v) is 25.9. The van der Waals surface area contributed by atoms with Crippen molar-refractivity contribution in [2.24, 2.45) is 0 Å². The Bertz CT molecular complexity index is 5150. The standard InChI is InChI=1S/C86H58N2O2S/c1-3-47-89-55-41-35-51(36-42-55)53-39-45-61-67(49-53)68-50-54(52-37-43-56(44-38-52)90-48-4-2)40-46-62(68)80-79(61)87-81-82(88-80)84(66-26-18-34-76-78(66)64-24-10-16-32-74(64)86(76)71-29-13-7-21-59(71)60-22-8-14-30-72(60)86)91-83(81)65-25-17-33-75-77(65)63-23-9-15-31-73(63)85(75)69-27-11-5-19-57(69)58-20-6-12-28-70(58)85/h5-46,49-50H,3-4,47-48H2,1-2H3. The molecule has 0 radical (unpaired) electrons. The van der Waals surface area contributed by atoms with E-state index in [4.69, 9.17) is 19.4 Å². The van der Waals surface area contributed by atoms with Gasteiger partial charge in [0.2, 0.25) is 0 Å². The number of hydrogen-bond acceptors (Lipinski definition) is 5. The minimum absolute atomic E-state index is 0.519. The highest BCUT2D eigenvalue weighted by atomic mass is 32.1. The van der Waals surface area contributed by atoms with Gasteiger partial charge in [0.25, 0.3) is 0 Å². The van der Waals surface area contributed by atoms with E-state index in [1.165, 1.54) is 89.0 Å². The first-order chi connectivity index (χ1) is 45.1. The van der Waals surface area contributed by atoms with Crippen molar-refractivity contribution in [1.82, 2.24) is 9.97 Å². The Balaban J connectivity index is 0.915. The molecule has 0 saturated heterocycles. The van der Waals surface area contributed by atoms with Gasteiger partial charge in [-0.05, 0) is 171 Å². The molecule has 5 heteroatoms. The lowest BCUT2D eigenvalue weighted by atomic mass is 9.70. The maximum atomic E-state index is 6.16. The van der Waals surface area contributed by atoms with Crippen molar-refractivity contribution in [3.05, 3.63) is 311 Å². The van der Waals surface area contributed by atoms with E-state index in [0.29, 0.717) is 13.2 Å². The van der Waals surface area contributed by atoms with Crippen molar-refractivity contribution in [3.63, 3.8) is 0 Å². The molecular formula is C86H58N2O2S. The molecule has 91 heavy (non-hydrogen) atoms. The van der Waals surface area contributed by atoms with Crippen LogP contribution in [0.15, 0.2) is 267 Å². The Morgan fingerprint density at radius 1 is 0.286 bits per heavy atom. The van der Waals surface area contributed by atoms with Gasteiger partial charge in [0.05, 0.1) is 44.8 Å². The molecule has 0 amide bonds. The molecule has 430 valence electrons. The van der Waals surface area contributed by atoms with Crippen molar-refractivity contribution >= 4 is 54.9 Å². The van der Waals surface area contributed by atoms with Crippen molar-refractivity contribution in [2.45, 2.75) is 37.5 Å². The van der Waals surface area contributed by atoms with Crippen molar-refractivity contribution < 1.29 is 9.47 Å². The lowest BCUT2D eigenvalue weighted by Gasteiger charge is -2.30. The van der Waals surface area contributed by atoms with E-state index >= 15 is 0 Å². The molecule has 0 unspecified atom stereocenters. The number of fused-ring (bicyclic) bond motifs is 27. The minimum atomic E-state index is -0.519. The first-order valence-corrected chi connectivity index (χ1v) is 32.8. The summed E-state index contributed by atoms with van der Waals surface area (Å²) in [6.45, 7) is 5.65. The van der Waals surface area contributed by atoms with Crippen LogP contribution in [0.4, 0.5) is 0 Å². The highest BCUT2D eigenvalue weighted by Crippen LogP contribution is 2.67. The fourth-order valence-corrected chi connectivity index (χ4v) is 17.8. The minimum Gasteiger partial charge on any atom is -0.494 e. The number of aromatic nitrogens is 2. The molecule has 0 bridgehead atoms. The molecule has 2 aromatic heterocycles. The maximum absolute atomic E-state index is 6.16. The topological polar surface area (TPSA) is 44.2 Å². The molecule has 0 atom stereocenters. The van der Waals surface area contributed by atoms with E-state index < -0.39 is 10.8 Å². The average molecular weight is 1180 g/mol. The highest BCUT2D eigenvalue weighted by Gasteiger charge is 2.54. The fraction of sp³-hybridized carbons (Fsp3) is 0.0930. The molecule has 2 spiro atoms. The van der Waals surface area contributed by atoms with Crippen LogP contribution in [0.2, 0.25) is 0 Å². The van der Waals surface area contributed by atoms with Crippen molar-refractivity contribution in [2.75, 3.05) is 13.2 Å². The third kappa shape index (κ3) is 7.15. The molecule has 0 N–H and O–H groups in total. The summed E-state index contributed by atoms with van der Waals surface area (Å²) in [6, 6.07) is 99.8. The lowest BCUT2D eigenvalue weighted by Crippen LogP contribution is -2.25. The zero-order valence-corrected chi connectivity index (χ0v) is 51.2. The number of hydrogen-bond donors (Lipinski definition) is 0. The summed E-state index contributed by atoms with van der Waals surface area (Å²) in [6.07, 6.45) is 1.91.